The van der Waals surface area contributed by atoms with Gasteiger partial charge in [0.25, 0.3) is 5.91 Å². The lowest BCUT2D eigenvalue weighted by Crippen LogP contribution is -2.23. The molecule has 1 heterocycles. The number of nitrogens with one attached hydrogen (secondary N) is 1. The van der Waals surface area contributed by atoms with Crippen molar-refractivity contribution in [3.63, 3.8) is 0 Å². The molecular weight excluding hydrogens is 290 g/mol. The maximum absolute atomic E-state index is 12.0. The van der Waals surface area contributed by atoms with Crippen LogP contribution in [0.5, 0.6) is 5.75 Å². The van der Waals surface area contributed by atoms with Gasteiger partial charge in [0, 0.05) is 31.9 Å². The molecule has 2 rings (SSSR count). The van der Waals surface area contributed by atoms with Crippen molar-refractivity contribution >= 4 is 23.3 Å². The third-order valence-electron chi connectivity index (χ3n) is 2.92. The largest absolute Gasteiger partial charge is 0.507 e. The molecule has 1 amide bonds. The van der Waals surface area contributed by atoms with Gasteiger partial charge in [0.05, 0.1) is 5.56 Å². The number of hydrogen-bond acceptors (Lipinski definition) is 4. The average Bonchev–Trinajstić information content (AvgIpc) is 2.45. The summed E-state index contributed by atoms with van der Waals surface area (Å²) in [6, 6.07) is 8.15. The molecule has 21 heavy (non-hydrogen) atoms. The summed E-state index contributed by atoms with van der Waals surface area (Å²) in [6.07, 6.45) is 1.71. The number of carbonyl (C=O) groups excluding carboxylic acids is 1. The van der Waals surface area contributed by atoms with Crippen LogP contribution in [0.4, 0.5) is 5.82 Å². The van der Waals surface area contributed by atoms with Crippen LogP contribution in [0.2, 0.25) is 5.02 Å². The van der Waals surface area contributed by atoms with Crippen molar-refractivity contribution in [3.8, 4) is 5.75 Å². The highest BCUT2D eigenvalue weighted by molar-refractivity contribution is 6.30. The summed E-state index contributed by atoms with van der Waals surface area (Å²) in [5.74, 6) is 0.349. The lowest BCUT2D eigenvalue weighted by Gasteiger charge is -2.11. The molecule has 0 saturated carbocycles. The summed E-state index contributed by atoms with van der Waals surface area (Å²) in [5.41, 5.74) is 1.07. The second kappa shape index (κ2) is 6.45. The Balaban J connectivity index is 2.00. The van der Waals surface area contributed by atoms with Crippen molar-refractivity contribution in [1.29, 1.82) is 0 Å². The molecule has 0 spiro atoms. The first-order valence-electron chi connectivity index (χ1n) is 6.36. The van der Waals surface area contributed by atoms with Gasteiger partial charge in [-0.05, 0) is 29.8 Å². The molecule has 1 aromatic heterocycles. The van der Waals surface area contributed by atoms with E-state index in [1.54, 1.807) is 12.3 Å². The third-order valence-corrected chi connectivity index (χ3v) is 3.16. The molecule has 0 fully saturated rings. The first kappa shape index (κ1) is 15.1. The zero-order valence-corrected chi connectivity index (χ0v) is 12.6. The van der Waals surface area contributed by atoms with Crippen LogP contribution in [0.3, 0.4) is 0 Å². The minimum atomic E-state index is -0.360. The van der Waals surface area contributed by atoms with E-state index < -0.39 is 0 Å². The Morgan fingerprint density at radius 2 is 2.10 bits per heavy atom. The number of rotatable bonds is 4. The number of aromatic nitrogens is 1. The maximum Gasteiger partial charge on any atom is 0.255 e. The number of phenols is 1. The molecule has 5 nitrogen and oxygen atoms in total. The molecule has 1 aromatic carbocycles. The molecule has 0 unspecified atom stereocenters. The molecule has 6 heteroatoms. The van der Waals surface area contributed by atoms with E-state index in [-0.39, 0.29) is 17.2 Å². The van der Waals surface area contributed by atoms with Crippen molar-refractivity contribution in [2.24, 2.45) is 0 Å². The van der Waals surface area contributed by atoms with E-state index in [0.717, 1.165) is 11.4 Å². The Labute approximate surface area is 128 Å². The van der Waals surface area contributed by atoms with Gasteiger partial charge in [0.2, 0.25) is 0 Å². The zero-order valence-electron chi connectivity index (χ0n) is 11.8. The van der Waals surface area contributed by atoms with Crippen LogP contribution in [-0.4, -0.2) is 30.1 Å². The number of carbonyl (C=O) groups is 1. The lowest BCUT2D eigenvalue weighted by molar-refractivity contribution is 0.0948. The highest BCUT2D eigenvalue weighted by Crippen LogP contribution is 2.21. The van der Waals surface area contributed by atoms with Crippen LogP contribution in [0.15, 0.2) is 36.5 Å². The van der Waals surface area contributed by atoms with Crippen LogP contribution in [0.25, 0.3) is 0 Å². The van der Waals surface area contributed by atoms with Gasteiger partial charge in [0.1, 0.15) is 11.6 Å². The molecule has 110 valence electrons. The Bertz CT molecular complexity index is 642. The minimum Gasteiger partial charge on any atom is -0.507 e. The first-order valence-corrected chi connectivity index (χ1v) is 6.74. The van der Waals surface area contributed by atoms with E-state index in [4.69, 9.17) is 11.6 Å². The quantitative estimate of drug-likeness (QED) is 0.910. The summed E-state index contributed by atoms with van der Waals surface area (Å²) in [5, 5.41) is 12.8. The summed E-state index contributed by atoms with van der Waals surface area (Å²) >= 11 is 5.73. The number of benzene rings is 1. The number of pyridine rings is 1. The number of anilines is 1. The van der Waals surface area contributed by atoms with Gasteiger partial charge in [-0.25, -0.2) is 4.98 Å². The molecule has 0 aliphatic heterocycles. The third kappa shape index (κ3) is 3.86. The predicted molar refractivity (Wildman–Crippen MR) is 82.9 cm³/mol. The summed E-state index contributed by atoms with van der Waals surface area (Å²) in [6.45, 7) is 0.335. The van der Waals surface area contributed by atoms with Crippen LogP contribution < -0.4 is 10.2 Å². The molecule has 0 saturated heterocycles. The second-order valence-corrected chi connectivity index (χ2v) is 5.20. The van der Waals surface area contributed by atoms with Crippen molar-refractivity contribution in [3.05, 3.63) is 52.7 Å². The highest BCUT2D eigenvalue weighted by atomic mass is 35.5. The van der Waals surface area contributed by atoms with Gasteiger partial charge < -0.3 is 15.3 Å². The van der Waals surface area contributed by atoms with E-state index in [9.17, 15) is 9.90 Å². The number of hydrogen-bond donors (Lipinski definition) is 2. The van der Waals surface area contributed by atoms with Crippen LogP contribution >= 0.6 is 11.6 Å². The maximum atomic E-state index is 12.0. The molecular formula is C15H16ClN3O2. The van der Waals surface area contributed by atoms with E-state index in [1.165, 1.54) is 12.1 Å². The average molecular weight is 306 g/mol. The van der Waals surface area contributed by atoms with Crippen molar-refractivity contribution < 1.29 is 9.90 Å². The Kier molecular flexibility index (Phi) is 4.65. The Hall–Kier alpha value is -2.27. The van der Waals surface area contributed by atoms with Crippen LogP contribution in [0, 0.1) is 0 Å². The normalized spacial score (nSPS) is 10.2. The first-order chi connectivity index (χ1) is 9.97. The van der Waals surface area contributed by atoms with E-state index in [1.807, 2.05) is 31.1 Å². The number of halogens is 1. The van der Waals surface area contributed by atoms with Crippen LogP contribution in [0.1, 0.15) is 15.9 Å². The van der Waals surface area contributed by atoms with E-state index in [2.05, 4.69) is 10.3 Å². The van der Waals surface area contributed by atoms with Gasteiger partial charge in [-0.3, -0.25) is 4.79 Å². The second-order valence-electron chi connectivity index (χ2n) is 4.76. The molecule has 0 aliphatic rings. The minimum absolute atomic E-state index is 0.138. The Morgan fingerprint density at radius 1 is 1.33 bits per heavy atom. The fraction of sp³-hybridized carbons (Fsp3) is 0.200. The molecule has 0 atom stereocenters. The van der Waals surface area contributed by atoms with Crippen LogP contribution in [-0.2, 0) is 6.54 Å². The predicted octanol–water partition coefficient (Wildman–Crippen LogP) is 2.44. The molecule has 2 N–H and O–H groups in total. The SMILES string of the molecule is CN(C)c1ccc(CNC(=O)c2ccc(Cl)cc2O)cn1. The Morgan fingerprint density at radius 3 is 2.67 bits per heavy atom. The fourth-order valence-corrected chi connectivity index (χ4v) is 1.93. The highest BCUT2D eigenvalue weighted by Gasteiger charge is 2.11. The molecule has 2 aromatic rings. The number of aromatic hydroxyl groups is 1. The number of phenolic OH excluding ortho intramolecular Hbond substituents is 1. The standard InChI is InChI=1S/C15H16ClN3O2/c1-19(2)14-6-3-10(8-17-14)9-18-15(21)12-5-4-11(16)7-13(12)20/h3-8,20H,9H2,1-2H3,(H,18,21). The van der Waals surface area contributed by atoms with Gasteiger partial charge in [-0.1, -0.05) is 17.7 Å². The molecule has 0 aliphatic carbocycles. The molecule has 0 bridgehead atoms. The van der Waals surface area contributed by atoms with Crippen molar-refractivity contribution in [2.45, 2.75) is 6.54 Å². The smallest absolute Gasteiger partial charge is 0.255 e. The zero-order chi connectivity index (χ0) is 15.4. The topological polar surface area (TPSA) is 65.5 Å². The van der Waals surface area contributed by atoms with E-state index in [0.29, 0.717) is 11.6 Å². The summed E-state index contributed by atoms with van der Waals surface area (Å²) in [7, 11) is 3.82. The van der Waals surface area contributed by atoms with E-state index >= 15 is 0 Å². The van der Waals surface area contributed by atoms with Gasteiger partial charge in [-0.2, -0.15) is 0 Å². The summed E-state index contributed by atoms with van der Waals surface area (Å²) < 4.78 is 0. The van der Waals surface area contributed by atoms with Gasteiger partial charge >= 0.3 is 0 Å². The lowest BCUT2D eigenvalue weighted by atomic mass is 10.2. The monoisotopic (exact) mass is 305 g/mol. The van der Waals surface area contributed by atoms with Crippen molar-refractivity contribution in [2.75, 3.05) is 19.0 Å². The number of nitrogens with zero attached hydrogens (tertiary/aromatic N) is 2. The van der Waals surface area contributed by atoms with Gasteiger partial charge in [0.15, 0.2) is 0 Å². The molecule has 0 radical (unpaired) electrons. The number of amides is 1. The fourth-order valence-electron chi connectivity index (χ4n) is 1.76. The van der Waals surface area contributed by atoms with Crippen molar-refractivity contribution in [1.82, 2.24) is 10.3 Å². The summed E-state index contributed by atoms with van der Waals surface area (Å²) in [4.78, 5) is 18.1. The van der Waals surface area contributed by atoms with Gasteiger partial charge in [-0.15, -0.1) is 0 Å².